The number of hydrogen-bond acceptors (Lipinski definition) is 6. The van der Waals surface area contributed by atoms with Crippen LogP contribution in [0.3, 0.4) is 0 Å². The highest BCUT2D eigenvalue weighted by molar-refractivity contribution is 5.92. The van der Waals surface area contributed by atoms with Crippen LogP contribution < -0.4 is 11.1 Å². The fraction of sp³-hybridized carbons (Fsp3) is 0.692. The Morgan fingerprint density at radius 1 is 1.38 bits per heavy atom. The van der Waals surface area contributed by atoms with Crippen molar-refractivity contribution in [3.63, 3.8) is 0 Å². The first-order chi connectivity index (χ1) is 10.1. The van der Waals surface area contributed by atoms with E-state index in [-0.39, 0.29) is 36.6 Å². The molecule has 0 atom stereocenters. The number of hydrogen-bond donors (Lipinski definition) is 2. The Kier molecular flexibility index (Phi) is 5.13. The number of ether oxygens (including phenoxy) is 1. The number of amides is 1. The molecule has 0 spiro atoms. The number of nitrogen functional groups attached to an aromatic ring is 1. The van der Waals surface area contributed by atoms with E-state index in [4.69, 9.17) is 10.5 Å². The van der Waals surface area contributed by atoms with Crippen molar-refractivity contribution in [3.8, 4) is 0 Å². The molecule has 1 aromatic heterocycles. The SMILES string of the molecule is CCOC(=O)c1nnn(CC(=O)NC2CCCCC2)c1N. The number of nitrogens with two attached hydrogens (primary N) is 1. The smallest absolute Gasteiger partial charge is 0.362 e. The van der Waals surface area contributed by atoms with Crippen LogP contribution in [0.5, 0.6) is 0 Å². The first kappa shape index (κ1) is 15.3. The molecule has 116 valence electrons. The summed E-state index contributed by atoms with van der Waals surface area (Å²) >= 11 is 0. The zero-order valence-electron chi connectivity index (χ0n) is 12.2. The van der Waals surface area contributed by atoms with Gasteiger partial charge in [-0.25, -0.2) is 9.48 Å². The van der Waals surface area contributed by atoms with Crippen LogP contribution in [0, 0.1) is 0 Å². The van der Waals surface area contributed by atoms with Gasteiger partial charge in [0.25, 0.3) is 0 Å². The number of anilines is 1. The lowest BCUT2D eigenvalue weighted by atomic mass is 9.95. The number of nitrogens with one attached hydrogen (secondary N) is 1. The normalized spacial score (nSPS) is 15.7. The molecule has 1 aromatic rings. The second kappa shape index (κ2) is 7.05. The van der Waals surface area contributed by atoms with Gasteiger partial charge in [-0.1, -0.05) is 24.5 Å². The molecule has 2 rings (SSSR count). The standard InChI is InChI=1S/C13H21N5O3/c1-2-21-13(20)11-12(14)18(17-16-11)8-10(19)15-9-6-4-3-5-7-9/h9H,2-8,14H2,1H3,(H,15,19). The number of esters is 1. The van der Waals surface area contributed by atoms with Gasteiger partial charge >= 0.3 is 5.97 Å². The third kappa shape index (κ3) is 3.93. The molecule has 0 unspecified atom stereocenters. The zero-order valence-corrected chi connectivity index (χ0v) is 12.2. The first-order valence-corrected chi connectivity index (χ1v) is 7.27. The molecule has 1 saturated carbocycles. The van der Waals surface area contributed by atoms with E-state index in [1.165, 1.54) is 11.1 Å². The van der Waals surface area contributed by atoms with Gasteiger partial charge in [0.1, 0.15) is 6.54 Å². The minimum atomic E-state index is -0.631. The van der Waals surface area contributed by atoms with Gasteiger partial charge in [0.15, 0.2) is 5.82 Å². The van der Waals surface area contributed by atoms with Crippen molar-refractivity contribution in [2.24, 2.45) is 0 Å². The van der Waals surface area contributed by atoms with E-state index in [1.807, 2.05) is 0 Å². The Morgan fingerprint density at radius 2 is 2.10 bits per heavy atom. The van der Waals surface area contributed by atoms with Crippen molar-refractivity contribution in [2.75, 3.05) is 12.3 Å². The minimum absolute atomic E-state index is 0.0469. The molecule has 1 heterocycles. The molecule has 8 heteroatoms. The summed E-state index contributed by atoms with van der Waals surface area (Å²) < 4.78 is 6.03. The molecule has 0 radical (unpaired) electrons. The first-order valence-electron chi connectivity index (χ1n) is 7.27. The number of carbonyl (C=O) groups excluding carboxylic acids is 2. The maximum atomic E-state index is 12.0. The Hall–Kier alpha value is -2.12. The van der Waals surface area contributed by atoms with E-state index < -0.39 is 5.97 Å². The number of rotatable bonds is 5. The molecule has 1 aliphatic carbocycles. The third-order valence-electron chi connectivity index (χ3n) is 3.51. The van der Waals surface area contributed by atoms with Crippen LogP contribution in [-0.4, -0.2) is 39.5 Å². The van der Waals surface area contributed by atoms with Crippen LogP contribution in [0.15, 0.2) is 0 Å². The van der Waals surface area contributed by atoms with Gasteiger partial charge in [-0.15, -0.1) is 5.10 Å². The Labute approximate surface area is 123 Å². The monoisotopic (exact) mass is 295 g/mol. The van der Waals surface area contributed by atoms with Crippen molar-refractivity contribution in [2.45, 2.75) is 51.6 Å². The summed E-state index contributed by atoms with van der Waals surface area (Å²) in [5, 5.41) is 10.4. The molecular formula is C13H21N5O3. The number of nitrogens with zero attached hydrogens (tertiary/aromatic N) is 3. The van der Waals surface area contributed by atoms with Gasteiger partial charge in [-0.2, -0.15) is 0 Å². The molecular weight excluding hydrogens is 274 g/mol. The van der Waals surface area contributed by atoms with E-state index in [9.17, 15) is 9.59 Å². The highest BCUT2D eigenvalue weighted by Gasteiger charge is 2.21. The average molecular weight is 295 g/mol. The fourth-order valence-electron chi connectivity index (χ4n) is 2.44. The summed E-state index contributed by atoms with van der Waals surface area (Å²) in [4.78, 5) is 23.5. The summed E-state index contributed by atoms with van der Waals surface area (Å²) in [7, 11) is 0. The molecule has 0 saturated heterocycles. The van der Waals surface area contributed by atoms with E-state index in [0.29, 0.717) is 0 Å². The lowest BCUT2D eigenvalue weighted by Gasteiger charge is -2.22. The molecule has 0 aliphatic heterocycles. The van der Waals surface area contributed by atoms with Crippen LogP contribution in [0.4, 0.5) is 5.82 Å². The van der Waals surface area contributed by atoms with Crippen LogP contribution >= 0.6 is 0 Å². The van der Waals surface area contributed by atoms with Crippen LogP contribution in [0.25, 0.3) is 0 Å². The molecule has 3 N–H and O–H groups in total. The molecule has 0 bridgehead atoms. The molecule has 8 nitrogen and oxygen atoms in total. The molecule has 0 aromatic carbocycles. The maximum absolute atomic E-state index is 12.0. The summed E-state index contributed by atoms with van der Waals surface area (Å²) in [5.74, 6) is -0.755. The minimum Gasteiger partial charge on any atom is -0.461 e. The quantitative estimate of drug-likeness (QED) is 0.764. The van der Waals surface area contributed by atoms with Crippen molar-refractivity contribution in [3.05, 3.63) is 5.69 Å². The van der Waals surface area contributed by atoms with E-state index in [0.717, 1.165) is 25.7 Å². The molecule has 1 aliphatic rings. The van der Waals surface area contributed by atoms with E-state index in [2.05, 4.69) is 15.6 Å². The number of carbonyl (C=O) groups is 2. The van der Waals surface area contributed by atoms with Crippen molar-refractivity contribution < 1.29 is 14.3 Å². The fourth-order valence-corrected chi connectivity index (χ4v) is 2.44. The maximum Gasteiger partial charge on any atom is 0.362 e. The molecule has 1 fully saturated rings. The predicted molar refractivity (Wildman–Crippen MR) is 75.4 cm³/mol. The summed E-state index contributed by atoms with van der Waals surface area (Å²) in [6.07, 6.45) is 5.53. The van der Waals surface area contributed by atoms with Gasteiger partial charge in [0, 0.05) is 6.04 Å². The molecule has 1 amide bonds. The summed E-state index contributed by atoms with van der Waals surface area (Å²) in [6, 6.07) is 0.223. The van der Waals surface area contributed by atoms with Gasteiger partial charge < -0.3 is 15.8 Å². The van der Waals surface area contributed by atoms with E-state index in [1.54, 1.807) is 6.92 Å². The Morgan fingerprint density at radius 3 is 2.76 bits per heavy atom. The van der Waals surface area contributed by atoms with E-state index >= 15 is 0 Å². The van der Waals surface area contributed by atoms with Crippen LogP contribution in [-0.2, 0) is 16.1 Å². The summed E-state index contributed by atoms with van der Waals surface area (Å²) in [5.41, 5.74) is 5.72. The highest BCUT2D eigenvalue weighted by atomic mass is 16.5. The van der Waals surface area contributed by atoms with Gasteiger partial charge in [0.2, 0.25) is 11.6 Å². The number of aromatic nitrogens is 3. The summed E-state index contributed by atoms with van der Waals surface area (Å²) in [6.45, 7) is 1.87. The highest BCUT2D eigenvalue weighted by Crippen LogP contribution is 2.17. The average Bonchev–Trinajstić information content (AvgIpc) is 2.81. The Bertz CT molecular complexity index is 508. The van der Waals surface area contributed by atoms with Gasteiger partial charge in [-0.3, -0.25) is 4.79 Å². The van der Waals surface area contributed by atoms with Crippen molar-refractivity contribution in [1.29, 1.82) is 0 Å². The second-order valence-electron chi connectivity index (χ2n) is 5.10. The lowest BCUT2D eigenvalue weighted by Crippen LogP contribution is -2.38. The lowest BCUT2D eigenvalue weighted by molar-refractivity contribution is -0.122. The van der Waals surface area contributed by atoms with Crippen molar-refractivity contribution in [1.82, 2.24) is 20.3 Å². The molecule has 21 heavy (non-hydrogen) atoms. The van der Waals surface area contributed by atoms with Crippen LogP contribution in [0.2, 0.25) is 0 Å². The van der Waals surface area contributed by atoms with Crippen LogP contribution in [0.1, 0.15) is 49.5 Å². The van der Waals surface area contributed by atoms with Gasteiger partial charge in [0.05, 0.1) is 6.61 Å². The zero-order chi connectivity index (χ0) is 15.2. The topological polar surface area (TPSA) is 112 Å². The van der Waals surface area contributed by atoms with Crippen molar-refractivity contribution >= 4 is 17.7 Å². The second-order valence-corrected chi connectivity index (χ2v) is 5.10. The largest absolute Gasteiger partial charge is 0.461 e. The van der Waals surface area contributed by atoms with Gasteiger partial charge in [-0.05, 0) is 19.8 Å². The third-order valence-corrected chi connectivity index (χ3v) is 3.51. The Balaban J connectivity index is 1.93. The predicted octanol–water partition coefficient (Wildman–Crippen LogP) is 0.486.